The average Bonchev–Trinajstić information content (AvgIpc) is 4.21. The number of nitrogens with one attached hydrogen (secondary N) is 7. The van der Waals surface area contributed by atoms with Crippen molar-refractivity contribution in [1.82, 2.24) is 51.3 Å². The molecular formula is C55H67N11O10. The molecule has 8 amide bonds. The summed E-state index contributed by atoms with van der Waals surface area (Å²) >= 11 is 0. The molecule has 0 radical (unpaired) electrons. The zero-order valence-corrected chi connectivity index (χ0v) is 42.7. The SMILES string of the molecule is CCCC[C@H](NC(C)=O)C(=O)N1[C@H](C(N)=O)CCCCNC(=O)[C@H](Cc2c[nH]c3ccccc23)NC(=O)[C@@H]2CCCN2C(=O)[C@@H](C(c2ccccc2)c2ccccc2)NC(=O)[C@H](Cc2cnc[nH]2)NC(=O)[C@@H]1CC(=O)O. The Kier molecular flexibility index (Phi) is 19.1. The van der Waals surface area contributed by atoms with Crippen molar-refractivity contribution in [2.75, 3.05) is 13.1 Å². The van der Waals surface area contributed by atoms with E-state index in [0.717, 1.165) is 21.4 Å². The fourth-order valence-corrected chi connectivity index (χ4v) is 10.3. The van der Waals surface area contributed by atoms with E-state index in [1.165, 1.54) is 24.3 Å². The van der Waals surface area contributed by atoms with Gasteiger partial charge in [-0.25, -0.2) is 4.98 Å². The Balaban J connectivity index is 1.37. The van der Waals surface area contributed by atoms with Crippen molar-refractivity contribution in [1.29, 1.82) is 0 Å². The van der Waals surface area contributed by atoms with E-state index in [-0.39, 0.29) is 58.0 Å². The van der Waals surface area contributed by atoms with Crippen molar-refractivity contribution < 1.29 is 48.3 Å². The predicted molar refractivity (Wildman–Crippen MR) is 279 cm³/mol. The number of benzene rings is 3. The van der Waals surface area contributed by atoms with Gasteiger partial charge in [0, 0.05) is 67.8 Å². The number of nitrogens with zero attached hydrogens (tertiary/aromatic N) is 3. The van der Waals surface area contributed by atoms with Crippen LogP contribution >= 0.6 is 0 Å². The van der Waals surface area contributed by atoms with Gasteiger partial charge in [-0.2, -0.15) is 0 Å². The maximum absolute atomic E-state index is 15.6. The third-order valence-corrected chi connectivity index (χ3v) is 14.0. The number of aliphatic carboxylic acids is 1. The minimum absolute atomic E-state index is 0.0156. The van der Waals surface area contributed by atoms with Gasteiger partial charge in [0.2, 0.25) is 47.3 Å². The molecule has 21 nitrogen and oxygen atoms in total. The van der Waals surface area contributed by atoms with Crippen molar-refractivity contribution >= 4 is 64.1 Å². The number of H-pyrrole nitrogens is 2. The van der Waals surface area contributed by atoms with Crippen LogP contribution in [0.25, 0.3) is 10.9 Å². The first-order valence-corrected chi connectivity index (χ1v) is 25.9. The number of fused-ring (bicyclic) bond motifs is 2. The Labute approximate surface area is 439 Å². The monoisotopic (exact) mass is 1040 g/mol. The van der Waals surface area contributed by atoms with Gasteiger partial charge in [-0.05, 0) is 61.3 Å². The van der Waals surface area contributed by atoms with E-state index in [2.05, 4.69) is 41.5 Å². The van der Waals surface area contributed by atoms with Gasteiger partial charge in [0.25, 0.3) is 0 Å². The second kappa shape index (κ2) is 26.2. The smallest absolute Gasteiger partial charge is 0.305 e. The van der Waals surface area contributed by atoms with Gasteiger partial charge in [-0.3, -0.25) is 43.2 Å². The fourth-order valence-electron chi connectivity index (χ4n) is 10.3. The molecule has 4 heterocycles. The third-order valence-electron chi connectivity index (χ3n) is 14.0. The summed E-state index contributed by atoms with van der Waals surface area (Å²) in [4.78, 5) is 142. The summed E-state index contributed by atoms with van der Waals surface area (Å²) in [6, 6.07) is 15.2. The van der Waals surface area contributed by atoms with Crippen LogP contribution in [0.3, 0.4) is 0 Å². The van der Waals surface area contributed by atoms with Crippen molar-refractivity contribution in [3.63, 3.8) is 0 Å². The zero-order valence-electron chi connectivity index (χ0n) is 42.7. The number of unbranched alkanes of at least 4 members (excludes halogenated alkanes) is 1. The van der Waals surface area contributed by atoms with E-state index in [4.69, 9.17) is 5.73 Å². The Morgan fingerprint density at radius 1 is 0.789 bits per heavy atom. The molecule has 3 aromatic carbocycles. The topological polar surface area (TPSA) is 311 Å². The van der Waals surface area contributed by atoms with Crippen molar-refractivity contribution in [3.8, 4) is 0 Å². The van der Waals surface area contributed by atoms with Crippen molar-refractivity contribution in [2.24, 2.45) is 5.73 Å². The number of aromatic nitrogens is 3. The number of carboxylic acid groups (broad SMARTS) is 1. The summed E-state index contributed by atoms with van der Waals surface area (Å²) in [5.74, 6) is -8.91. The maximum atomic E-state index is 15.6. The van der Waals surface area contributed by atoms with Crippen LogP contribution in [0.1, 0.15) is 99.9 Å². The number of rotatable bonds is 15. The van der Waals surface area contributed by atoms with Gasteiger partial charge in [0.15, 0.2) is 0 Å². The Morgan fingerprint density at radius 3 is 2.11 bits per heavy atom. The molecule has 402 valence electrons. The number of amides is 8. The first kappa shape index (κ1) is 55.4. The fraction of sp³-hybridized carbons (Fsp3) is 0.418. The quantitative estimate of drug-likeness (QED) is 0.0734. The van der Waals surface area contributed by atoms with Crippen LogP contribution < -0.4 is 32.3 Å². The third kappa shape index (κ3) is 13.9. The minimum Gasteiger partial charge on any atom is -0.481 e. The number of carboxylic acids is 1. The lowest BCUT2D eigenvalue weighted by Crippen LogP contribution is -2.64. The number of primary amides is 1. The van der Waals surface area contributed by atoms with E-state index in [9.17, 15) is 33.9 Å². The summed E-state index contributed by atoms with van der Waals surface area (Å²) in [5, 5.41) is 25.3. The maximum Gasteiger partial charge on any atom is 0.305 e. The Morgan fingerprint density at radius 2 is 1.46 bits per heavy atom. The van der Waals surface area contributed by atoms with Crippen LogP contribution in [0.15, 0.2) is 104 Å². The zero-order chi connectivity index (χ0) is 54.3. The molecule has 0 unspecified atom stereocenters. The van der Waals surface area contributed by atoms with Crippen LogP contribution in [0.2, 0.25) is 0 Å². The first-order chi connectivity index (χ1) is 36.6. The average molecular weight is 1040 g/mol. The van der Waals surface area contributed by atoms with E-state index >= 15 is 14.4 Å². The number of aromatic amines is 2. The summed E-state index contributed by atoms with van der Waals surface area (Å²) in [5.41, 5.74) is 9.21. The standard InChI is InChI=1S/C55H67N11O10/c1-3-4-21-40(61-33(2)67)54(75)66-43(49(56)70)23-13-14-25-58-50(71)41(27-36-30-59-39-22-12-11-20-38(36)39)62-52(73)44-24-15-26-65(44)55(76)48(47(34-16-7-5-8-17-34)35-18-9-6-10-19-35)64-51(72)42(28-37-31-57-32-60-37)63-53(74)45(66)29-46(68)69/h5-12,16-20,22,30-32,40-45,47-48,59H,3-4,13-15,21,23-29H2,1-2H3,(H2,56,70)(H,57,60)(H,58,71)(H,61,67)(H,62,73)(H,63,74)(H,64,72)(H,68,69)/t40-,41-,42-,43-,44-,45-,48+/m0/s1. The number of carbonyl (C=O) groups excluding carboxylic acids is 8. The lowest BCUT2D eigenvalue weighted by molar-refractivity contribution is -0.154. The lowest BCUT2D eigenvalue weighted by atomic mass is 9.84. The molecule has 2 aliphatic rings. The first-order valence-electron chi connectivity index (χ1n) is 25.9. The highest BCUT2D eigenvalue weighted by Gasteiger charge is 2.45. The summed E-state index contributed by atoms with van der Waals surface area (Å²) in [6.45, 7) is 3.18. The van der Waals surface area contributed by atoms with Crippen LogP contribution in [-0.2, 0) is 56.0 Å². The van der Waals surface area contributed by atoms with E-state index in [1.807, 2.05) is 31.2 Å². The van der Waals surface area contributed by atoms with Gasteiger partial charge < -0.3 is 57.2 Å². The molecule has 5 aromatic rings. The van der Waals surface area contributed by atoms with E-state index < -0.39 is 108 Å². The molecule has 2 aliphatic heterocycles. The minimum atomic E-state index is -1.99. The van der Waals surface area contributed by atoms with Gasteiger partial charge in [0.05, 0.1) is 12.7 Å². The molecule has 2 saturated heterocycles. The van der Waals surface area contributed by atoms with Crippen molar-refractivity contribution in [3.05, 3.63) is 126 Å². The van der Waals surface area contributed by atoms with Crippen molar-refractivity contribution in [2.45, 2.75) is 133 Å². The molecule has 0 aliphatic carbocycles. The Hall–Kier alpha value is -8.36. The molecule has 0 bridgehead atoms. The molecule has 0 saturated carbocycles. The van der Waals surface area contributed by atoms with Gasteiger partial charge in [-0.1, -0.05) is 98.6 Å². The van der Waals surface area contributed by atoms with Crippen LogP contribution in [0.4, 0.5) is 0 Å². The molecule has 0 spiro atoms. The molecule has 21 heteroatoms. The summed E-state index contributed by atoms with van der Waals surface area (Å²) in [7, 11) is 0. The predicted octanol–water partition coefficient (Wildman–Crippen LogP) is 2.47. The molecule has 2 aromatic heterocycles. The second-order valence-electron chi connectivity index (χ2n) is 19.4. The Bertz CT molecular complexity index is 2800. The van der Waals surface area contributed by atoms with Crippen LogP contribution in [-0.4, -0.2) is 138 Å². The molecule has 76 heavy (non-hydrogen) atoms. The van der Waals surface area contributed by atoms with Gasteiger partial charge in [0.1, 0.15) is 42.3 Å². The largest absolute Gasteiger partial charge is 0.481 e. The summed E-state index contributed by atoms with van der Waals surface area (Å²) in [6.07, 6.45) is 5.04. The molecule has 10 N–H and O–H groups in total. The molecular weight excluding hydrogens is 975 g/mol. The van der Waals surface area contributed by atoms with Gasteiger partial charge in [-0.15, -0.1) is 0 Å². The number of hydrogen-bond donors (Lipinski definition) is 9. The number of nitrogens with two attached hydrogens (primary N) is 1. The number of hydrogen-bond acceptors (Lipinski definition) is 10. The van der Waals surface area contributed by atoms with Gasteiger partial charge >= 0.3 is 5.97 Å². The van der Waals surface area contributed by atoms with E-state index in [0.29, 0.717) is 36.1 Å². The van der Waals surface area contributed by atoms with Crippen LogP contribution in [0, 0.1) is 0 Å². The highest BCUT2D eigenvalue weighted by Crippen LogP contribution is 2.32. The molecule has 7 rings (SSSR count). The van der Waals surface area contributed by atoms with Crippen LogP contribution in [0.5, 0.6) is 0 Å². The second-order valence-corrected chi connectivity index (χ2v) is 19.4. The van der Waals surface area contributed by atoms with E-state index in [1.54, 1.807) is 66.9 Å². The molecule has 7 atom stereocenters. The number of para-hydroxylation sites is 1. The highest BCUT2D eigenvalue weighted by atomic mass is 16.4. The lowest BCUT2D eigenvalue weighted by Gasteiger charge is -2.38. The number of imidazole rings is 1. The highest BCUT2D eigenvalue weighted by molar-refractivity contribution is 6.00. The normalized spacial score (nSPS) is 21.9. The number of carbonyl (C=O) groups is 9. The summed E-state index contributed by atoms with van der Waals surface area (Å²) < 4.78 is 0. The molecule has 2 fully saturated rings.